The van der Waals surface area contributed by atoms with E-state index in [2.05, 4.69) is 0 Å². The Morgan fingerprint density at radius 2 is 2.11 bits per heavy atom. The first-order chi connectivity index (χ1) is 8.33. The molecule has 0 bridgehead atoms. The number of benzene rings is 1. The summed E-state index contributed by atoms with van der Waals surface area (Å²) in [4.78, 5) is 10.2. The van der Waals surface area contributed by atoms with Crippen LogP contribution in [0.1, 0.15) is 5.56 Å². The second kappa shape index (κ2) is 5.78. The molecule has 0 spiro atoms. The number of hydrogen-bond donors (Lipinski definition) is 1. The molecule has 7 nitrogen and oxygen atoms in total. The van der Waals surface area contributed by atoms with Gasteiger partial charge in [-0.1, -0.05) is 6.07 Å². The predicted octanol–water partition coefficient (Wildman–Crippen LogP) is 0.477. The van der Waals surface area contributed by atoms with Crippen molar-refractivity contribution in [1.29, 1.82) is 0 Å². The molecule has 0 fully saturated rings. The largest absolute Gasteiger partial charge is 0.486 e. The van der Waals surface area contributed by atoms with Crippen molar-refractivity contribution in [2.45, 2.75) is 6.54 Å². The number of nitrogens with two attached hydrogens (primary N) is 1. The van der Waals surface area contributed by atoms with E-state index in [9.17, 15) is 18.5 Å². The molecule has 0 radical (unpaired) electrons. The summed E-state index contributed by atoms with van der Waals surface area (Å²) in [6.07, 6.45) is 1.07. The number of nitro benzene ring substituents is 1. The molecule has 18 heavy (non-hydrogen) atoms. The Morgan fingerprint density at radius 1 is 1.44 bits per heavy atom. The molecular weight excluding hydrogens is 260 g/mol. The van der Waals surface area contributed by atoms with E-state index in [0.717, 1.165) is 6.26 Å². The molecule has 0 aliphatic heterocycles. The average molecular weight is 274 g/mol. The maximum atomic E-state index is 10.9. The Labute approximate surface area is 105 Å². The number of rotatable bonds is 6. The van der Waals surface area contributed by atoms with Gasteiger partial charge in [-0.05, 0) is 11.6 Å². The summed E-state index contributed by atoms with van der Waals surface area (Å²) in [6, 6.07) is 4.26. The summed E-state index contributed by atoms with van der Waals surface area (Å²) < 4.78 is 27.0. The zero-order valence-corrected chi connectivity index (χ0v) is 10.6. The molecule has 0 atom stereocenters. The van der Waals surface area contributed by atoms with E-state index >= 15 is 0 Å². The minimum atomic E-state index is -3.16. The lowest BCUT2D eigenvalue weighted by molar-refractivity contribution is -0.385. The van der Waals surface area contributed by atoms with Crippen LogP contribution in [-0.4, -0.2) is 32.0 Å². The molecule has 1 aromatic rings. The number of hydrogen-bond acceptors (Lipinski definition) is 6. The van der Waals surface area contributed by atoms with E-state index < -0.39 is 14.8 Å². The lowest BCUT2D eigenvalue weighted by atomic mass is 10.2. The summed E-state index contributed by atoms with van der Waals surface area (Å²) in [6.45, 7) is 0.0914. The molecule has 0 amide bonds. The summed E-state index contributed by atoms with van der Waals surface area (Å²) in [5.41, 5.74) is 5.89. The first-order valence-electron chi connectivity index (χ1n) is 5.11. The van der Waals surface area contributed by atoms with Gasteiger partial charge in [-0.25, -0.2) is 8.42 Å². The van der Waals surface area contributed by atoms with Gasteiger partial charge in [-0.2, -0.15) is 0 Å². The Bertz CT molecular complexity index is 541. The molecule has 100 valence electrons. The number of sulfone groups is 1. The number of ether oxygens (including phenoxy) is 1. The minimum Gasteiger partial charge on any atom is -0.486 e. The van der Waals surface area contributed by atoms with Crippen molar-refractivity contribution in [3.63, 3.8) is 0 Å². The van der Waals surface area contributed by atoms with Crippen molar-refractivity contribution in [2.24, 2.45) is 5.73 Å². The molecule has 2 N–H and O–H groups in total. The molecule has 0 heterocycles. The zero-order chi connectivity index (χ0) is 13.8. The van der Waals surface area contributed by atoms with Crippen LogP contribution in [0.15, 0.2) is 18.2 Å². The second-order valence-corrected chi connectivity index (χ2v) is 6.00. The van der Waals surface area contributed by atoms with Gasteiger partial charge in [0.1, 0.15) is 6.61 Å². The zero-order valence-electron chi connectivity index (χ0n) is 9.83. The Hall–Kier alpha value is -1.67. The monoisotopic (exact) mass is 274 g/mol. The highest BCUT2D eigenvalue weighted by Crippen LogP contribution is 2.27. The van der Waals surface area contributed by atoms with Crippen molar-refractivity contribution >= 4 is 15.5 Å². The average Bonchev–Trinajstić information content (AvgIpc) is 2.26. The van der Waals surface area contributed by atoms with Gasteiger partial charge in [0.2, 0.25) is 0 Å². The maximum Gasteiger partial charge on any atom is 0.310 e. The van der Waals surface area contributed by atoms with Crippen LogP contribution in [0.4, 0.5) is 5.69 Å². The van der Waals surface area contributed by atoms with Crippen LogP contribution in [0.25, 0.3) is 0 Å². The van der Waals surface area contributed by atoms with Gasteiger partial charge in [0.15, 0.2) is 15.6 Å². The quantitative estimate of drug-likeness (QED) is 0.596. The lowest BCUT2D eigenvalue weighted by Crippen LogP contribution is -2.13. The van der Waals surface area contributed by atoms with Crippen LogP contribution in [0.5, 0.6) is 5.75 Å². The van der Waals surface area contributed by atoms with E-state index in [1.165, 1.54) is 18.2 Å². The van der Waals surface area contributed by atoms with Gasteiger partial charge < -0.3 is 10.5 Å². The van der Waals surface area contributed by atoms with Crippen molar-refractivity contribution in [1.82, 2.24) is 0 Å². The normalized spacial score (nSPS) is 11.2. The lowest BCUT2D eigenvalue weighted by Gasteiger charge is -2.07. The third-order valence-electron chi connectivity index (χ3n) is 2.17. The molecule has 1 rings (SSSR count). The van der Waals surface area contributed by atoms with Gasteiger partial charge in [-0.3, -0.25) is 10.1 Å². The van der Waals surface area contributed by atoms with Crippen molar-refractivity contribution < 1.29 is 18.1 Å². The van der Waals surface area contributed by atoms with Gasteiger partial charge in [-0.15, -0.1) is 0 Å². The molecule has 0 saturated heterocycles. The van der Waals surface area contributed by atoms with Crippen LogP contribution in [0.2, 0.25) is 0 Å². The second-order valence-electron chi connectivity index (χ2n) is 3.74. The van der Waals surface area contributed by atoms with E-state index in [-0.39, 0.29) is 30.3 Å². The van der Waals surface area contributed by atoms with Crippen LogP contribution >= 0.6 is 0 Å². The minimum absolute atomic E-state index is 0.0339. The maximum absolute atomic E-state index is 10.9. The van der Waals surface area contributed by atoms with E-state index in [1.807, 2.05) is 0 Å². The van der Waals surface area contributed by atoms with Crippen LogP contribution in [-0.2, 0) is 16.4 Å². The SMILES string of the molecule is CS(=O)(=O)CCOc1cc(CN)ccc1[N+](=O)[O-]. The Balaban J connectivity index is 2.87. The molecule has 8 heteroatoms. The van der Waals surface area contributed by atoms with Gasteiger partial charge in [0, 0.05) is 18.9 Å². The molecule has 1 aromatic carbocycles. The van der Waals surface area contributed by atoms with E-state index in [0.29, 0.717) is 5.56 Å². The highest BCUT2D eigenvalue weighted by atomic mass is 32.2. The molecule has 0 aliphatic rings. The highest BCUT2D eigenvalue weighted by molar-refractivity contribution is 7.90. The standard InChI is InChI=1S/C10H14N2O5S/c1-18(15,16)5-4-17-10-6-8(7-11)2-3-9(10)12(13)14/h2-3,6H,4-5,7,11H2,1H3. The first kappa shape index (κ1) is 14.4. The van der Waals surface area contributed by atoms with Crippen molar-refractivity contribution in [3.8, 4) is 5.75 Å². The van der Waals surface area contributed by atoms with Gasteiger partial charge in [0.05, 0.1) is 10.7 Å². The topological polar surface area (TPSA) is 113 Å². The Kier molecular flexibility index (Phi) is 4.62. The fraction of sp³-hybridized carbons (Fsp3) is 0.400. The van der Waals surface area contributed by atoms with E-state index in [1.54, 1.807) is 0 Å². The third kappa shape index (κ3) is 4.30. The first-order valence-corrected chi connectivity index (χ1v) is 7.17. The van der Waals surface area contributed by atoms with E-state index in [4.69, 9.17) is 10.5 Å². The van der Waals surface area contributed by atoms with Crippen molar-refractivity contribution in [3.05, 3.63) is 33.9 Å². The summed E-state index contributed by atoms with van der Waals surface area (Å²) in [5, 5.41) is 10.8. The highest BCUT2D eigenvalue weighted by Gasteiger charge is 2.16. The molecule has 0 aromatic heterocycles. The van der Waals surface area contributed by atoms with Gasteiger partial charge in [0.25, 0.3) is 0 Å². The summed E-state index contributed by atoms with van der Waals surface area (Å²) >= 11 is 0. The van der Waals surface area contributed by atoms with Gasteiger partial charge >= 0.3 is 5.69 Å². The van der Waals surface area contributed by atoms with Crippen LogP contribution < -0.4 is 10.5 Å². The molecule has 0 unspecified atom stereocenters. The fourth-order valence-corrected chi connectivity index (χ4v) is 1.64. The molecular formula is C10H14N2O5S. The number of nitrogens with zero attached hydrogens (tertiary/aromatic N) is 1. The summed E-state index contributed by atoms with van der Waals surface area (Å²) in [7, 11) is -3.16. The van der Waals surface area contributed by atoms with Crippen molar-refractivity contribution in [2.75, 3.05) is 18.6 Å². The fourth-order valence-electron chi connectivity index (χ4n) is 1.25. The van der Waals surface area contributed by atoms with Crippen LogP contribution in [0.3, 0.4) is 0 Å². The molecule has 0 saturated carbocycles. The smallest absolute Gasteiger partial charge is 0.310 e. The predicted molar refractivity (Wildman–Crippen MR) is 66.2 cm³/mol. The Morgan fingerprint density at radius 3 is 2.61 bits per heavy atom. The number of nitro groups is 1. The summed E-state index contributed by atoms with van der Waals surface area (Å²) in [5.74, 6) is -0.164. The third-order valence-corrected chi connectivity index (χ3v) is 3.08. The molecule has 0 aliphatic carbocycles. The van der Waals surface area contributed by atoms with Crippen LogP contribution in [0, 0.1) is 10.1 Å².